The molecule has 116 valence electrons. The van der Waals surface area contributed by atoms with E-state index in [-0.39, 0.29) is 11.7 Å². The average Bonchev–Trinajstić information content (AvgIpc) is 3.26. The monoisotopic (exact) mass is 345 g/mol. The van der Waals surface area contributed by atoms with Gasteiger partial charge in [0.1, 0.15) is 0 Å². The highest BCUT2D eigenvalue weighted by molar-refractivity contribution is 7.23. The molecule has 6 nitrogen and oxygen atoms in total. The van der Waals surface area contributed by atoms with E-state index < -0.39 is 0 Å². The fraction of sp³-hybridized carbons (Fsp3) is 0.133. The van der Waals surface area contributed by atoms with Crippen LogP contribution < -0.4 is 5.69 Å². The minimum Gasteiger partial charge on any atom is -0.320 e. The lowest BCUT2D eigenvalue weighted by Crippen LogP contribution is -2.10. The lowest BCUT2D eigenvalue weighted by Gasteiger charge is -2.13. The predicted molar refractivity (Wildman–Crippen MR) is 91.1 cm³/mol. The number of H-pyrrole nitrogens is 2. The highest BCUT2D eigenvalue weighted by atomic mass is 35.5. The number of imidazole rings is 1. The van der Waals surface area contributed by atoms with Crippen molar-refractivity contribution in [2.24, 2.45) is 0 Å². The third kappa shape index (κ3) is 2.29. The molecule has 3 heterocycles. The number of hydrogen-bond donors (Lipinski definition) is 2. The van der Waals surface area contributed by atoms with Gasteiger partial charge in [0.15, 0.2) is 11.6 Å². The first-order valence-corrected chi connectivity index (χ1v) is 8.19. The van der Waals surface area contributed by atoms with Gasteiger partial charge >= 0.3 is 5.69 Å². The molecule has 0 saturated carbocycles. The summed E-state index contributed by atoms with van der Waals surface area (Å²) < 4.78 is 3.06. The van der Waals surface area contributed by atoms with Crippen molar-refractivity contribution < 1.29 is 0 Å². The molecule has 1 atom stereocenters. The van der Waals surface area contributed by atoms with Crippen LogP contribution in [0.4, 0.5) is 0 Å². The van der Waals surface area contributed by atoms with Crippen molar-refractivity contribution >= 4 is 33.0 Å². The number of thiophene rings is 1. The predicted octanol–water partition coefficient (Wildman–Crippen LogP) is 3.44. The van der Waals surface area contributed by atoms with Crippen LogP contribution in [0.5, 0.6) is 0 Å². The van der Waals surface area contributed by atoms with Crippen molar-refractivity contribution in [3.63, 3.8) is 0 Å². The van der Waals surface area contributed by atoms with E-state index >= 15 is 0 Å². The summed E-state index contributed by atoms with van der Waals surface area (Å²) in [6, 6.07) is 7.82. The molecule has 0 aliphatic heterocycles. The Bertz CT molecular complexity index is 1040. The maximum Gasteiger partial charge on any atom is 0.340 e. The minimum atomic E-state index is -0.326. The minimum absolute atomic E-state index is 0.173. The molecule has 0 aliphatic carbocycles. The number of hydrogen-bond acceptors (Lipinski definition) is 4. The van der Waals surface area contributed by atoms with Gasteiger partial charge in [0.25, 0.3) is 0 Å². The van der Waals surface area contributed by atoms with Gasteiger partial charge in [0.2, 0.25) is 0 Å². The molecule has 0 bridgehead atoms. The van der Waals surface area contributed by atoms with Gasteiger partial charge in [0.05, 0.1) is 15.9 Å². The zero-order chi connectivity index (χ0) is 16.0. The lowest BCUT2D eigenvalue weighted by molar-refractivity contribution is 0.608. The molecule has 23 heavy (non-hydrogen) atoms. The van der Waals surface area contributed by atoms with Crippen LogP contribution >= 0.6 is 22.9 Å². The Kier molecular flexibility index (Phi) is 3.32. The molecule has 0 saturated heterocycles. The number of nitrogens with zero attached hydrogens (tertiary/aromatic N) is 3. The van der Waals surface area contributed by atoms with Crippen molar-refractivity contribution in [1.82, 2.24) is 24.7 Å². The summed E-state index contributed by atoms with van der Waals surface area (Å²) in [6.07, 6.45) is 3.57. The van der Waals surface area contributed by atoms with Gasteiger partial charge in [-0.1, -0.05) is 29.8 Å². The quantitative estimate of drug-likeness (QED) is 0.597. The molecule has 0 aliphatic rings. The van der Waals surface area contributed by atoms with Gasteiger partial charge in [-0.2, -0.15) is 5.10 Å². The fourth-order valence-electron chi connectivity index (χ4n) is 2.57. The molecule has 2 N–H and O–H groups in total. The summed E-state index contributed by atoms with van der Waals surface area (Å²) in [4.78, 5) is 19.3. The molecule has 0 radical (unpaired) electrons. The van der Waals surface area contributed by atoms with Crippen LogP contribution in [0.1, 0.15) is 18.8 Å². The van der Waals surface area contributed by atoms with Gasteiger partial charge in [-0.3, -0.25) is 4.98 Å². The summed E-state index contributed by atoms with van der Waals surface area (Å²) in [7, 11) is 0. The van der Waals surface area contributed by atoms with Crippen molar-refractivity contribution in [3.8, 4) is 10.7 Å². The first-order valence-electron chi connectivity index (χ1n) is 7.00. The Morgan fingerprint density at radius 1 is 1.35 bits per heavy atom. The van der Waals surface area contributed by atoms with E-state index in [0.717, 1.165) is 20.8 Å². The molecular formula is C15H12ClN5OS. The molecule has 4 aromatic rings. The number of benzene rings is 1. The normalized spacial score (nSPS) is 12.8. The largest absolute Gasteiger partial charge is 0.340 e. The zero-order valence-electron chi connectivity index (χ0n) is 12.1. The molecule has 1 aromatic carbocycles. The maximum absolute atomic E-state index is 11.3. The van der Waals surface area contributed by atoms with E-state index in [2.05, 4.69) is 20.2 Å². The molecule has 0 spiro atoms. The van der Waals surface area contributed by atoms with E-state index in [1.54, 1.807) is 17.5 Å². The number of rotatable bonds is 3. The number of aromatic nitrogens is 5. The van der Waals surface area contributed by atoms with Gasteiger partial charge in [-0.15, -0.1) is 11.3 Å². The Hall–Kier alpha value is -2.38. The molecule has 3 aromatic heterocycles. The first-order chi connectivity index (χ1) is 11.1. The number of aromatic amines is 2. The Morgan fingerprint density at radius 3 is 2.91 bits per heavy atom. The second-order valence-electron chi connectivity index (χ2n) is 5.14. The van der Waals surface area contributed by atoms with E-state index in [1.165, 1.54) is 0 Å². The SMILES string of the molecule is CC(c1n[nH]c(=O)[nH]1)n1ccnc1-c1sc2ccccc2c1Cl. The van der Waals surface area contributed by atoms with E-state index in [0.29, 0.717) is 10.8 Å². The highest BCUT2D eigenvalue weighted by Gasteiger charge is 2.20. The average molecular weight is 346 g/mol. The number of nitrogens with one attached hydrogen (secondary N) is 2. The van der Waals surface area contributed by atoms with Gasteiger partial charge < -0.3 is 4.57 Å². The second-order valence-corrected chi connectivity index (χ2v) is 6.57. The van der Waals surface area contributed by atoms with Crippen LogP contribution in [-0.2, 0) is 0 Å². The van der Waals surface area contributed by atoms with Crippen LogP contribution in [-0.4, -0.2) is 24.7 Å². The van der Waals surface area contributed by atoms with E-state index in [9.17, 15) is 4.79 Å². The maximum atomic E-state index is 11.3. The van der Waals surface area contributed by atoms with E-state index in [1.807, 2.05) is 42.0 Å². The third-order valence-corrected chi connectivity index (χ3v) is 5.41. The third-order valence-electron chi connectivity index (χ3n) is 3.74. The standard InChI is InChI=1S/C15H12ClN5OS/c1-8(13-18-15(22)20-19-13)21-7-6-17-14(21)12-11(16)9-4-2-3-5-10(9)23-12/h2-8H,1H3,(H2,18,19,20,22). The molecular weight excluding hydrogens is 334 g/mol. The molecule has 0 fully saturated rings. The first kappa shape index (κ1) is 14.2. The van der Waals surface area contributed by atoms with E-state index in [4.69, 9.17) is 11.6 Å². The number of fused-ring (bicyclic) bond motifs is 1. The van der Waals surface area contributed by atoms with Crippen LogP contribution in [0, 0.1) is 0 Å². The van der Waals surface area contributed by atoms with Gasteiger partial charge in [-0.05, 0) is 13.0 Å². The summed E-state index contributed by atoms with van der Waals surface area (Å²) >= 11 is 8.15. The lowest BCUT2D eigenvalue weighted by atomic mass is 10.2. The summed E-state index contributed by atoms with van der Waals surface area (Å²) in [5.74, 6) is 1.30. The Morgan fingerprint density at radius 2 is 2.17 bits per heavy atom. The van der Waals surface area contributed by atoms with Crippen molar-refractivity contribution in [3.05, 3.63) is 58.0 Å². The number of halogens is 1. The zero-order valence-corrected chi connectivity index (χ0v) is 13.6. The van der Waals surface area contributed by atoms with Crippen LogP contribution in [0.2, 0.25) is 5.02 Å². The smallest absolute Gasteiger partial charge is 0.320 e. The van der Waals surface area contributed by atoms with Gasteiger partial charge in [0, 0.05) is 22.5 Å². The summed E-state index contributed by atoms with van der Waals surface area (Å²) in [6.45, 7) is 1.94. The van der Waals surface area contributed by atoms with Crippen molar-refractivity contribution in [2.45, 2.75) is 13.0 Å². The molecule has 1 unspecified atom stereocenters. The topological polar surface area (TPSA) is 79.4 Å². The fourth-order valence-corrected chi connectivity index (χ4v) is 4.09. The second kappa shape index (κ2) is 5.36. The van der Waals surface area contributed by atoms with Crippen LogP contribution in [0.15, 0.2) is 41.5 Å². The highest BCUT2D eigenvalue weighted by Crippen LogP contribution is 2.41. The van der Waals surface area contributed by atoms with Gasteiger partial charge in [-0.25, -0.2) is 14.9 Å². The molecule has 0 amide bonds. The van der Waals surface area contributed by atoms with Crippen molar-refractivity contribution in [2.75, 3.05) is 0 Å². The Balaban J connectivity index is 1.85. The van der Waals surface area contributed by atoms with Crippen LogP contribution in [0.25, 0.3) is 20.8 Å². The summed E-state index contributed by atoms with van der Waals surface area (Å²) in [5.41, 5.74) is -0.326. The summed E-state index contributed by atoms with van der Waals surface area (Å²) in [5, 5.41) is 8.10. The molecule has 8 heteroatoms. The van der Waals surface area contributed by atoms with Crippen LogP contribution in [0.3, 0.4) is 0 Å². The Labute approximate surface area is 139 Å². The molecule has 4 rings (SSSR count). The van der Waals surface area contributed by atoms with Crippen molar-refractivity contribution in [1.29, 1.82) is 0 Å².